The summed E-state index contributed by atoms with van der Waals surface area (Å²) in [6, 6.07) is 10.5. The third-order valence-corrected chi connectivity index (χ3v) is 7.63. The van der Waals surface area contributed by atoms with Crippen molar-refractivity contribution in [2.24, 2.45) is 11.8 Å². The minimum Gasteiger partial charge on any atom is -0.390 e. The monoisotopic (exact) mass is 443 g/mol. The second-order valence-corrected chi connectivity index (χ2v) is 9.94. The molecular formula is C26H29N5O2. The van der Waals surface area contributed by atoms with Crippen molar-refractivity contribution in [1.82, 2.24) is 19.5 Å². The lowest BCUT2D eigenvalue weighted by Gasteiger charge is -2.19. The van der Waals surface area contributed by atoms with Crippen molar-refractivity contribution in [1.29, 1.82) is 0 Å². The Balaban J connectivity index is 1.19. The second kappa shape index (κ2) is 7.78. The molecule has 2 aliphatic carbocycles. The summed E-state index contributed by atoms with van der Waals surface area (Å²) in [6.07, 6.45) is 6.23. The average molecular weight is 444 g/mol. The molecule has 33 heavy (non-hydrogen) atoms. The Bertz CT molecular complexity index is 1350. The molecule has 4 N–H and O–H groups in total. The van der Waals surface area contributed by atoms with Crippen LogP contribution in [0.5, 0.6) is 0 Å². The van der Waals surface area contributed by atoms with Crippen LogP contribution < -0.4 is 5.73 Å². The largest absolute Gasteiger partial charge is 0.390 e. The van der Waals surface area contributed by atoms with E-state index in [1.165, 1.54) is 28.5 Å². The van der Waals surface area contributed by atoms with Gasteiger partial charge in [-0.05, 0) is 73.3 Å². The van der Waals surface area contributed by atoms with Gasteiger partial charge in [0.2, 0.25) is 0 Å². The summed E-state index contributed by atoms with van der Waals surface area (Å²) < 4.78 is 1.93. The van der Waals surface area contributed by atoms with Crippen LogP contribution in [0.4, 0.5) is 5.82 Å². The number of aliphatic hydroxyl groups excluding tert-OH is 2. The smallest absolute Gasteiger partial charge is 0.145 e. The van der Waals surface area contributed by atoms with Gasteiger partial charge in [0.05, 0.1) is 23.0 Å². The highest BCUT2D eigenvalue weighted by Gasteiger charge is 2.42. The number of nitrogens with zero attached hydrogens (tertiary/aromatic N) is 4. The normalized spacial score (nSPS) is 26.9. The number of nitrogen functional groups attached to an aromatic ring is 1. The van der Waals surface area contributed by atoms with Gasteiger partial charge in [-0.2, -0.15) is 0 Å². The van der Waals surface area contributed by atoms with E-state index < -0.39 is 12.2 Å². The van der Waals surface area contributed by atoms with E-state index in [2.05, 4.69) is 41.2 Å². The van der Waals surface area contributed by atoms with Gasteiger partial charge in [-0.3, -0.25) is 4.98 Å². The fourth-order valence-electron chi connectivity index (χ4n) is 5.86. The molecule has 0 amide bonds. The van der Waals surface area contributed by atoms with Gasteiger partial charge < -0.3 is 20.5 Å². The average Bonchev–Trinajstić information content (AvgIpc) is 3.46. The summed E-state index contributed by atoms with van der Waals surface area (Å²) in [4.78, 5) is 13.3. The van der Waals surface area contributed by atoms with E-state index in [1.807, 2.05) is 16.8 Å². The van der Waals surface area contributed by atoms with Crippen LogP contribution in [0.2, 0.25) is 0 Å². The minimum absolute atomic E-state index is 0.00570. The molecule has 3 aromatic heterocycles. The fraction of sp³-hybridized carbons (Fsp3) is 0.423. The molecule has 6 rings (SSSR count). The number of aryl methyl sites for hydroxylation is 1. The standard InChI is InChI=1S/C26H29N5O2/c1-14-8-18-11-16-4-2-15(10-21(16)30-20(18)9-14)3-5-17-12-22(24(33)23(17)32)31-7-6-19-25(27)28-13-29-26(19)31/h2,4,6-7,10-11,13-14,17,22-24,32-33H,3,5,8-9,12H2,1H3,(H2,27,28,29)/t14-,17+,22-,23-,24+/m1/s1. The van der Waals surface area contributed by atoms with Gasteiger partial charge in [0.15, 0.2) is 0 Å². The molecule has 1 saturated carbocycles. The Labute approximate surface area is 192 Å². The minimum atomic E-state index is -0.843. The van der Waals surface area contributed by atoms with Crippen LogP contribution in [0.1, 0.15) is 42.6 Å². The molecule has 0 aliphatic heterocycles. The van der Waals surface area contributed by atoms with Crippen LogP contribution in [0.15, 0.2) is 42.9 Å². The molecule has 5 atom stereocenters. The van der Waals surface area contributed by atoms with Crippen molar-refractivity contribution in [2.75, 3.05) is 5.73 Å². The summed E-state index contributed by atoms with van der Waals surface area (Å²) in [5.41, 5.74) is 11.6. The summed E-state index contributed by atoms with van der Waals surface area (Å²) >= 11 is 0. The number of pyridine rings is 1. The Morgan fingerprint density at radius 2 is 1.97 bits per heavy atom. The number of nitrogens with two attached hydrogens (primary N) is 1. The van der Waals surface area contributed by atoms with Crippen LogP contribution in [-0.4, -0.2) is 41.9 Å². The van der Waals surface area contributed by atoms with E-state index in [4.69, 9.17) is 10.7 Å². The van der Waals surface area contributed by atoms with E-state index in [9.17, 15) is 10.2 Å². The van der Waals surface area contributed by atoms with Gasteiger partial charge in [-0.15, -0.1) is 0 Å². The number of hydrogen-bond acceptors (Lipinski definition) is 6. The van der Waals surface area contributed by atoms with Gasteiger partial charge in [-0.25, -0.2) is 9.97 Å². The summed E-state index contributed by atoms with van der Waals surface area (Å²) in [6.45, 7) is 2.28. The predicted octanol–water partition coefficient (Wildman–Crippen LogP) is 3.21. The molecule has 3 heterocycles. The Kier molecular flexibility index (Phi) is 4.85. The van der Waals surface area contributed by atoms with Gasteiger partial charge in [0.25, 0.3) is 0 Å². The van der Waals surface area contributed by atoms with Crippen LogP contribution in [0.25, 0.3) is 21.9 Å². The third kappa shape index (κ3) is 3.47. The maximum atomic E-state index is 10.8. The molecule has 170 valence electrons. The van der Waals surface area contributed by atoms with Gasteiger partial charge in [0.1, 0.15) is 23.9 Å². The van der Waals surface area contributed by atoms with Gasteiger partial charge in [0, 0.05) is 17.3 Å². The summed E-state index contributed by atoms with van der Waals surface area (Å²) in [5, 5.41) is 23.6. The first-order valence-corrected chi connectivity index (χ1v) is 11.8. The van der Waals surface area contributed by atoms with E-state index in [-0.39, 0.29) is 12.0 Å². The lowest BCUT2D eigenvalue weighted by atomic mass is 9.95. The molecule has 0 bridgehead atoms. The first kappa shape index (κ1) is 20.6. The number of rotatable bonds is 4. The number of fused-ring (bicyclic) bond motifs is 3. The first-order chi connectivity index (χ1) is 16.0. The zero-order valence-corrected chi connectivity index (χ0v) is 18.7. The zero-order chi connectivity index (χ0) is 22.7. The Morgan fingerprint density at radius 1 is 1.09 bits per heavy atom. The molecule has 7 heteroatoms. The van der Waals surface area contributed by atoms with Crippen molar-refractivity contribution in [3.8, 4) is 0 Å². The number of aliphatic hydroxyl groups is 2. The Morgan fingerprint density at radius 3 is 2.85 bits per heavy atom. The summed E-state index contributed by atoms with van der Waals surface area (Å²) in [7, 11) is 0. The number of anilines is 1. The van der Waals surface area contributed by atoms with Crippen molar-refractivity contribution >= 4 is 27.8 Å². The maximum absolute atomic E-state index is 10.8. The summed E-state index contributed by atoms with van der Waals surface area (Å²) in [5.74, 6) is 1.10. The van der Waals surface area contributed by atoms with Crippen LogP contribution >= 0.6 is 0 Å². The highest BCUT2D eigenvalue weighted by Crippen LogP contribution is 2.39. The van der Waals surface area contributed by atoms with Crippen molar-refractivity contribution in [3.63, 3.8) is 0 Å². The quantitative estimate of drug-likeness (QED) is 0.447. The molecule has 0 unspecified atom stereocenters. The topological polar surface area (TPSA) is 110 Å². The predicted molar refractivity (Wildman–Crippen MR) is 128 cm³/mol. The SMILES string of the molecule is C[C@@H]1Cc2cc3ccc(CC[C@H]4C[C@@H](n5ccc6c(N)ncnc65)[C@H](O)[C@@H]4O)cc3nc2C1. The molecule has 0 saturated heterocycles. The number of aromatic nitrogens is 4. The molecule has 7 nitrogen and oxygen atoms in total. The molecule has 0 spiro atoms. The molecule has 4 aromatic rings. The first-order valence-electron chi connectivity index (χ1n) is 11.8. The van der Waals surface area contributed by atoms with E-state index in [0.29, 0.717) is 23.8 Å². The van der Waals surface area contributed by atoms with Gasteiger partial charge in [-0.1, -0.05) is 19.1 Å². The maximum Gasteiger partial charge on any atom is 0.145 e. The molecule has 1 fully saturated rings. The van der Waals surface area contributed by atoms with E-state index in [1.54, 1.807) is 0 Å². The molecule has 2 aliphatic rings. The van der Waals surface area contributed by atoms with Crippen LogP contribution in [0.3, 0.4) is 0 Å². The highest BCUT2D eigenvalue weighted by molar-refractivity contribution is 5.86. The Hall–Kier alpha value is -3.03. The van der Waals surface area contributed by atoms with Crippen LogP contribution in [0, 0.1) is 11.8 Å². The lowest BCUT2D eigenvalue weighted by Crippen LogP contribution is -2.29. The van der Waals surface area contributed by atoms with E-state index in [0.717, 1.165) is 36.6 Å². The van der Waals surface area contributed by atoms with E-state index >= 15 is 0 Å². The number of benzene rings is 1. The van der Waals surface area contributed by atoms with Crippen molar-refractivity contribution < 1.29 is 10.2 Å². The highest BCUT2D eigenvalue weighted by atomic mass is 16.3. The molecular weight excluding hydrogens is 414 g/mol. The molecule has 1 aromatic carbocycles. The van der Waals surface area contributed by atoms with Crippen LogP contribution in [-0.2, 0) is 19.3 Å². The van der Waals surface area contributed by atoms with Gasteiger partial charge >= 0.3 is 0 Å². The number of hydrogen-bond donors (Lipinski definition) is 3. The van der Waals surface area contributed by atoms with Crippen molar-refractivity contribution in [2.45, 2.75) is 57.3 Å². The fourth-order valence-corrected chi connectivity index (χ4v) is 5.86. The molecule has 0 radical (unpaired) electrons. The third-order valence-electron chi connectivity index (χ3n) is 7.63. The van der Waals surface area contributed by atoms with Crippen molar-refractivity contribution in [3.05, 3.63) is 59.7 Å². The zero-order valence-electron chi connectivity index (χ0n) is 18.7. The second-order valence-electron chi connectivity index (χ2n) is 9.94. The lowest BCUT2D eigenvalue weighted by molar-refractivity contribution is 0.00545.